The zero-order chi connectivity index (χ0) is 22.1. The van der Waals surface area contributed by atoms with Crippen molar-refractivity contribution >= 4 is 40.1 Å². The molecule has 0 saturated carbocycles. The first kappa shape index (κ1) is 21.3. The van der Waals surface area contributed by atoms with Gasteiger partial charge in [-0.2, -0.15) is 0 Å². The van der Waals surface area contributed by atoms with E-state index < -0.39 is 5.60 Å². The predicted molar refractivity (Wildman–Crippen MR) is 138 cm³/mol. The minimum atomic E-state index is -1.05. The fourth-order valence-electron chi connectivity index (χ4n) is 4.15. The van der Waals surface area contributed by atoms with Gasteiger partial charge in [0.05, 0.1) is 11.4 Å². The minimum Gasteiger partial charge on any atom is -0.472 e. The number of aromatic nitrogens is 1. The maximum absolute atomic E-state index is 13.8. The van der Waals surface area contributed by atoms with Crippen molar-refractivity contribution in [1.29, 1.82) is 0 Å². The van der Waals surface area contributed by atoms with E-state index in [1.165, 1.54) is 14.0 Å². The van der Waals surface area contributed by atoms with Crippen LogP contribution in [0.15, 0.2) is 96.0 Å². The highest BCUT2D eigenvalue weighted by atomic mass is 127. The van der Waals surface area contributed by atoms with Crippen LogP contribution in [-0.4, -0.2) is 10.4 Å². The summed E-state index contributed by atoms with van der Waals surface area (Å²) in [5.41, 5.74) is 2.59. The van der Waals surface area contributed by atoms with Gasteiger partial charge in [0, 0.05) is 26.0 Å². The predicted octanol–water partition coefficient (Wildman–Crippen LogP) is 7.25. The smallest absolute Gasteiger partial charge is 0.227 e. The molecule has 1 atom stereocenters. The van der Waals surface area contributed by atoms with Crippen molar-refractivity contribution in [1.82, 2.24) is 4.57 Å². The molecule has 0 spiro atoms. The van der Waals surface area contributed by atoms with Gasteiger partial charge in [0.1, 0.15) is 5.75 Å². The molecule has 0 N–H and O–H groups in total. The average molecular weight is 551 g/mol. The lowest BCUT2D eigenvalue weighted by Gasteiger charge is -2.31. The fraction of sp³-hybridized carbons (Fsp3) is 0.148. The first-order chi connectivity index (χ1) is 15.6. The van der Waals surface area contributed by atoms with Crippen LogP contribution in [0.3, 0.4) is 0 Å². The van der Waals surface area contributed by atoms with Crippen molar-refractivity contribution in [3.63, 3.8) is 0 Å². The molecule has 0 bridgehead atoms. The number of hydrogen-bond donors (Lipinski definition) is 0. The lowest BCUT2D eigenvalue weighted by atomic mass is 9.84. The van der Waals surface area contributed by atoms with Gasteiger partial charge in [-0.05, 0) is 83.1 Å². The zero-order valence-corrected chi connectivity index (χ0v) is 20.6. The van der Waals surface area contributed by atoms with Gasteiger partial charge in [-0.25, -0.2) is 0 Å². The summed E-state index contributed by atoms with van der Waals surface area (Å²) in [4.78, 5) is 15.0. The van der Waals surface area contributed by atoms with Crippen LogP contribution >= 0.6 is 34.4 Å². The monoisotopic (exact) mass is 551 g/mol. The highest BCUT2D eigenvalue weighted by Gasteiger charge is 2.45. The Morgan fingerprint density at radius 2 is 1.69 bits per heavy atom. The Hall–Kier alpha value is -2.51. The summed E-state index contributed by atoms with van der Waals surface area (Å²) < 4.78 is 9.71. The van der Waals surface area contributed by atoms with Crippen molar-refractivity contribution in [2.45, 2.75) is 29.6 Å². The second-order valence-corrected chi connectivity index (χ2v) is 10.1. The van der Waals surface area contributed by atoms with E-state index in [1.807, 2.05) is 78.0 Å². The number of fused-ring (bicyclic) bond motifs is 3. The average Bonchev–Trinajstić information content (AvgIpc) is 3.29. The Morgan fingerprint density at radius 1 is 0.938 bits per heavy atom. The molecule has 1 unspecified atom stereocenters. The van der Waals surface area contributed by atoms with Gasteiger partial charge in [0.25, 0.3) is 0 Å². The number of Topliss-reactive ketones (excluding diaryl/α,β-unsaturated/α-hetero) is 1. The normalized spacial score (nSPS) is 17.2. The Bertz CT molecular complexity index is 1260. The van der Waals surface area contributed by atoms with Gasteiger partial charge in [-0.15, -0.1) is 11.8 Å². The molecular weight excluding hydrogens is 529 g/mol. The summed E-state index contributed by atoms with van der Waals surface area (Å²) in [6.45, 7) is 2.01. The molecule has 4 aromatic rings. The van der Waals surface area contributed by atoms with Gasteiger partial charge in [-0.3, -0.25) is 4.79 Å². The summed E-state index contributed by atoms with van der Waals surface area (Å²) in [5, 5.41) is 0. The van der Waals surface area contributed by atoms with Gasteiger partial charge < -0.3 is 9.30 Å². The van der Waals surface area contributed by atoms with Crippen molar-refractivity contribution in [3.8, 4) is 11.4 Å². The second-order valence-electron chi connectivity index (χ2n) is 7.78. The highest BCUT2D eigenvalue weighted by Crippen LogP contribution is 2.41. The van der Waals surface area contributed by atoms with Crippen LogP contribution in [0.25, 0.3) is 5.69 Å². The van der Waals surface area contributed by atoms with E-state index in [0.717, 1.165) is 22.8 Å². The maximum Gasteiger partial charge on any atom is 0.227 e. The van der Waals surface area contributed by atoms with Crippen LogP contribution in [0, 0.1) is 3.57 Å². The molecule has 5 heteroatoms. The quantitative estimate of drug-likeness (QED) is 0.193. The Labute approximate surface area is 206 Å². The summed E-state index contributed by atoms with van der Waals surface area (Å²) in [6.07, 6.45) is 2.47. The molecule has 32 heavy (non-hydrogen) atoms. The molecule has 160 valence electrons. The molecule has 1 aliphatic heterocycles. The minimum absolute atomic E-state index is 0.0118. The van der Waals surface area contributed by atoms with E-state index in [1.54, 1.807) is 0 Å². The Morgan fingerprint density at radius 3 is 2.44 bits per heavy atom. The number of carbonyl (C=O) groups excluding carboxylic acids is 1. The third-order valence-electron chi connectivity index (χ3n) is 5.89. The lowest BCUT2D eigenvalue weighted by Crippen LogP contribution is -2.41. The molecule has 5 rings (SSSR count). The van der Waals surface area contributed by atoms with Crippen LogP contribution in [0.2, 0.25) is 0 Å². The SMILES string of the molecule is CCC1(c2ccc(CSc3ccc(I)cc3)cc2)Oc2ccccc2-n2cccc2C1=O. The van der Waals surface area contributed by atoms with E-state index in [0.29, 0.717) is 12.1 Å². The van der Waals surface area contributed by atoms with Crippen molar-refractivity contribution in [3.05, 3.63) is 112 Å². The lowest BCUT2D eigenvalue weighted by molar-refractivity contribution is 0.0424. The Kier molecular flexibility index (Phi) is 5.86. The topological polar surface area (TPSA) is 31.2 Å². The van der Waals surface area contributed by atoms with E-state index in [9.17, 15) is 4.79 Å². The summed E-state index contributed by atoms with van der Waals surface area (Å²) in [5.74, 6) is 1.58. The maximum atomic E-state index is 13.8. The van der Waals surface area contributed by atoms with Crippen molar-refractivity contribution in [2.24, 2.45) is 0 Å². The number of carbonyl (C=O) groups is 1. The molecule has 0 saturated heterocycles. The first-order valence-corrected chi connectivity index (χ1v) is 12.7. The van der Waals surface area contributed by atoms with E-state index in [4.69, 9.17) is 4.74 Å². The molecule has 3 aromatic carbocycles. The molecule has 0 fully saturated rings. The number of nitrogens with zero attached hydrogens (tertiary/aromatic N) is 1. The molecule has 2 heterocycles. The highest BCUT2D eigenvalue weighted by molar-refractivity contribution is 14.1. The Balaban J connectivity index is 1.47. The third kappa shape index (κ3) is 3.77. The number of benzene rings is 3. The van der Waals surface area contributed by atoms with E-state index in [-0.39, 0.29) is 5.78 Å². The number of ether oxygens (including phenoxy) is 1. The van der Waals surface area contributed by atoms with Crippen LogP contribution in [0.4, 0.5) is 0 Å². The first-order valence-electron chi connectivity index (χ1n) is 10.6. The van der Waals surface area contributed by atoms with Crippen molar-refractivity contribution < 1.29 is 9.53 Å². The molecule has 3 nitrogen and oxygen atoms in total. The molecule has 0 radical (unpaired) electrons. The number of halogens is 1. The van der Waals surface area contributed by atoms with Crippen LogP contribution in [0.1, 0.15) is 35.0 Å². The van der Waals surface area contributed by atoms with E-state index in [2.05, 4.69) is 59.0 Å². The van der Waals surface area contributed by atoms with Crippen LogP contribution < -0.4 is 4.74 Å². The van der Waals surface area contributed by atoms with Gasteiger partial charge in [0.2, 0.25) is 5.78 Å². The summed E-state index contributed by atoms with van der Waals surface area (Å²) in [7, 11) is 0. The summed E-state index contributed by atoms with van der Waals surface area (Å²) in [6, 6.07) is 28.5. The van der Waals surface area contributed by atoms with Gasteiger partial charge in [0.15, 0.2) is 5.60 Å². The molecule has 0 amide bonds. The number of hydrogen-bond acceptors (Lipinski definition) is 3. The van der Waals surface area contributed by atoms with Crippen LogP contribution in [0.5, 0.6) is 5.75 Å². The number of rotatable bonds is 5. The van der Waals surface area contributed by atoms with Crippen molar-refractivity contribution in [2.75, 3.05) is 0 Å². The van der Waals surface area contributed by atoms with Crippen LogP contribution in [-0.2, 0) is 11.4 Å². The second kappa shape index (κ2) is 8.79. The van der Waals surface area contributed by atoms with E-state index >= 15 is 0 Å². The number of para-hydroxylation sites is 2. The number of thioether (sulfide) groups is 1. The molecule has 0 aliphatic carbocycles. The fourth-order valence-corrected chi connectivity index (χ4v) is 5.37. The summed E-state index contributed by atoms with van der Waals surface area (Å²) >= 11 is 4.13. The zero-order valence-electron chi connectivity index (χ0n) is 17.6. The molecular formula is C27H22INO2S. The molecule has 1 aliphatic rings. The molecule has 1 aromatic heterocycles. The third-order valence-corrected chi connectivity index (χ3v) is 7.70. The largest absolute Gasteiger partial charge is 0.472 e. The number of ketones is 1. The van der Waals surface area contributed by atoms with Gasteiger partial charge in [-0.1, -0.05) is 43.3 Å². The standard InChI is InChI=1S/C27H22INO2S/c1-2-27(20-11-9-19(10-12-20)18-32-22-15-13-21(28)14-16-22)26(30)24-7-5-17-29(24)23-6-3-4-8-25(23)31-27/h3-17H,2,18H2,1H3. The van der Waals surface area contributed by atoms with Gasteiger partial charge >= 0.3 is 0 Å².